The molecule has 2 aliphatic rings. The Morgan fingerprint density at radius 3 is 1.32 bits per heavy atom. The highest BCUT2D eigenvalue weighted by Gasteiger charge is 2.46. The molecule has 0 amide bonds. The van der Waals surface area contributed by atoms with Crippen molar-refractivity contribution in [3.8, 4) is 33.4 Å². The van der Waals surface area contributed by atoms with Crippen LogP contribution in [0.2, 0.25) is 0 Å². The van der Waals surface area contributed by atoms with Gasteiger partial charge >= 0.3 is 0 Å². The molecule has 0 radical (unpaired) electrons. The van der Waals surface area contributed by atoms with E-state index in [4.69, 9.17) is 0 Å². The molecule has 0 unspecified atom stereocenters. The number of rotatable bonds is 6. The lowest BCUT2D eigenvalue weighted by Crippen LogP contribution is -2.28. The first-order valence-electron chi connectivity index (χ1n) is 18.6. The fourth-order valence-corrected chi connectivity index (χ4v) is 9.30. The Morgan fingerprint density at radius 2 is 0.717 bits per heavy atom. The van der Waals surface area contributed by atoms with E-state index in [0.717, 1.165) is 17.1 Å². The van der Waals surface area contributed by atoms with Crippen LogP contribution < -0.4 is 4.90 Å². The van der Waals surface area contributed by atoms with E-state index < -0.39 is 5.41 Å². The van der Waals surface area contributed by atoms with Gasteiger partial charge in [-0.05, 0) is 103 Å². The lowest BCUT2D eigenvalue weighted by molar-refractivity contribution is 0.660. The highest BCUT2D eigenvalue weighted by molar-refractivity contribution is 5.92. The third-order valence-electron chi connectivity index (χ3n) is 11.8. The second-order valence-corrected chi connectivity index (χ2v) is 14.9. The molecule has 0 aromatic heterocycles. The molecule has 1 nitrogen and oxygen atoms in total. The van der Waals surface area contributed by atoms with E-state index in [1.165, 1.54) is 66.8 Å². The zero-order valence-corrected chi connectivity index (χ0v) is 30.0. The molecule has 0 N–H and O–H groups in total. The smallest absolute Gasteiger partial charge is 0.0713 e. The van der Waals surface area contributed by atoms with Crippen LogP contribution in [0.1, 0.15) is 47.2 Å². The van der Waals surface area contributed by atoms with Crippen LogP contribution in [0.4, 0.5) is 17.1 Å². The second kappa shape index (κ2) is 12.1. The quantitative estimate of drug-likeness (QED) is 0.169. The van der Waals surface area contributed by atoms with Gasteiger partial charge in [-0.15, -0.1) is 0 Å². The number of nitrogens with zero attached hydrogens (tertiary/aromatic N) is 1. The number of anilines is 3. The second-order valence-electron chi connectivity index (χ2n) is 14.9. The van der Waals surface area contributed by atoms with Gasteiger partial charge < -0.3 is 4.90 Å². The first-order chi connectivity index (χ1) is 26.0. The van der Waals surface area contributed by atoms with E-state index in [9.17, 15) is 0 Å². The van der Waals surface area contributed by atoms with Crippen molar-refractivity contribution in [2.75, 3.05) is 4.90 Å². The number of fused-ring (bicyclic) bond motifs is 6. The molecule has 0 saturated heterocycles. The first kappa shape index (κ1) is 31.3. The minimum atomic E-state index is -0.433. The van der Waals surface area contributed by atoms with E-state index in [2.05, 4.69) is 219 Å². The Labute approximate surface area is 312 Å². The molecule has 10 rings (SSSR count). The van der Waals surface area contributed by atoms with Gasteiger partial charge in [-0.3, -0.25) is 0 Å². The van der Waals surface area contributed by atoms with Crippen molar-refractivity contribution >= 4 is 17.1 Å². The van der Waals surface area contributed by atoms with E-state index in [1.807, 2.05) is 0 Å². The fourth-order valence-electron chi connectivity index (χ4n) is 9.30. The van der Waals surface area contributed by atoms with Crippen molar-refractivity contribution in [3.63, 3.8) is 0 Å². The van der Waals surface area contributed by atoms with Gasteiger partial charge in [0, 0.05) is 22.5 Å². The SMILES string of the molecule is CC1(C)c2ccccc2-c2cc(N(c3ccc(-c4ccccc4)cc3)c3ccc4c(c3)-c3ccccc3C4(c3ccccc3)c3ccccc3)ccc21. The zero-order chi connectivity index (χ0) is 35.6. The van der Waals surface area contributed by atoms with Crippen LogP contribution in [0.25, 0.3) is 33.4 Å². The van der Waals surface area contributed by atoms with Gasteiger partial charge in [0.1, 0.15) is 0 Å². The maximum absolute atomic E-state index is 2.44. The highest BCUT2D eigenvalue weighted by atomic mass is 15.1. The van der Waals surface area contributed by atoms with Crippen LogP contribution in [0.5, 0.6) is 0 Å². The van der Waals surface area contributed by atoms with Crippen LogP contribution in [0.15, 0.2) is 200 Å². The third-order valence-corrected chi connectivity index (χ3v) is 11.8. The molecule has 0 atom stereocenters. The molecule has 0 heterocycles. The van der Waals surface area contributed by atoms with Crippen LogP contribution in [0, 0.1) is 0 Å². The molecule has 8 aromatic rings. The summed E-state index contributed by atoms with van der Waals surface area (Å²) in [5, 5.41) is 0. The zero-order valence-electron chi connectivity index (χ0n) is 30.0. The van der Waals surface area contributed by atoms with E-state index in [1.54, 1.807) is 0 Å². The topological polar surface area (TPSA) is 3.24 Å². The van der Waals surface area contributed by atoms with Gasteiger partial charge in [0.2, 0.25) is 0 Å². The van der Waals surface area contributed by atoms with Crippen molar-refractivity contribution in [1.29, 1.82) is 0 Å². The normalized spacial score (nSPS) is 14.2. The summed E-state index contributed by atoms with van der Waals surface area (Å²) in [4.78, 5) is 2.44. The van der Waals surface area contributed by atoms with Crippen molar-refractivity contribution in [2.24, 2.45) is 0 Å². The van der Waals surface area contributed by atoms with Gasteiger partial charge in [0.05, 0.1) is 5.41 Å². The molecule has 1 heteroatoms. The Balaban J connectivity index is 1.20. The van der Waals surface area contributed by atoms with Crippen LogP contribution in [0.3, 0.4) is 0 Å². The maximum Gasteiger partial charge on any atom is 0.0713 e. The van der Waals surface area contributed by atoms with Crippen LogP contribution >= 0.6 is 0 Å². The number of hydrogen-bond acceptors (Lipinski definition) is 1. The Bertz CT molecular complexity index is 2580. The van der Waals surface area contributed by atoms with Gasteiger partial charge in [0.15, 0.2) is 0 Å². The molecule has 0 spiro atoms. The summed E-state index contributed by atoms with van der Waals surface area (Å²) < 4.78 is 0. The summed E-state index contributed by atoms with van der Waals surface area (Å²) in [6.07, 6.45) is 0. The monoisotopic (exact) mass is 677 g/mol. The summed E-state index contributed by atoms with van der Waals surface area (Å²) in [7, 11) is 0. The van der Waals surface area contributed by atoms with Crippen molar-refractivity contribution in [3.05, 3.63) is 234 Å². The number of benzene rings is 8. The van der Waals surface area contributed by atoms with Crippen molar-refractivity contribution in [2.45, 2.75) is 24.7 Å². The molecular weight excluding hydrogens is 639 g/mol. The van der Waals surface area contributed by atoms with Crippen molar-refractivity contribution < 1.29 is 0 Å². The van der Waals surface area contributed by atoms with Gasteiger partial charge in [-0.25, -0.2) is 0 Å². The number of hydrogen-bond donors (Lipinski definition) is 0. The first-order valence-corrected chi connectivity index (χ1v) is 18.6. The van der Waals surface area contributed by atoms with Gasteiger partial charge in [-0.2, -0.15) is 0 Å². The molecule has 2 aliphatic carbocycles. The minimum absolute atomic E-state index is 0.0535. The summed E-state index contributed by atoms with van der Waals surface area (Å²) in [6, 6.07) is 73.9. The van der Waals surface area contributed by atoms with Gasteiger partial charge in [-0.1, -0.05) is 178 Å². The standard InChI is InChI=1S/C52H39N/c1-51(2)47-24-14-12-22-43(47)45-34-41(30-32-48(45)51)53(40-28-26-37(27-29-40)36-16-6-3-7-17-36)42-31-33-50-46(35-42)44-23-13-15-25-49(44)52(50,38-18-8-4-9-19-38)39-20-10-5-11-21-39/h3-35H,1-2H3. The van der Waals surface area contributed by atoms with E-state index in [0.29, 0.717) is 0 Å². The van der Waals surface area contributed by atoms with Crippen LogP contribution in [-0.4, -0.2) is 0 Å². The Morgan fingerprint density at radius 1 is 0.321 bits per heavy atom. The minimum Gasteiger partial charge on any atom is -0.310 e. The van der Waals surface area contributed by atoms with E-state index >= 15 is 0 Å². The molecule has 53 heavy (non-hydrogen) atoms. The predicted molar refractivity (Wildman–Crippen MR) is 221 cm³/mol. The molecule has 8 aromatic carbocycles. The van der Waals surface area contributed by atoms with Crippen molar-refractivity contribution in [1.82, 2.24) is 0 Å². The summed E-state index contributed by atoms with van der Waals surface area (Å²) in [5.74, 6) is 0. The maximum atomic E-state index is 2.44. The fraction of sp³-hybridized carbons (Fsp3) is 0.0769. The van der Waals surface area contributed by atoms with Crippen LogP contribution in [-0.2, 0) is 10.8 Å². The highest BCUT2D eigenvalue weighted by Crippen LogP contribution is 2.57. The summed E-state index contributed by atoms with van der Waals surface area (Å²) >= 11 is 0. The lowest BCUT2D eigenvalue weighted by Gasteiger charge is -2.34. The summed E-state index contributed by atoms with van der Waals surface area (Å²) in [6.45, 7) is 4.70. The lowest BCUT2D eigenvalue weighted by atomic mass is 9.68. The largest absolute Gasteiger partial charge is 0.310 e. The molecule has 0 fully saturated rings. The third kappa shape index (κ3) is 4.70. The molecule has 252 valence electrons. The average molecular weight is 678 g/mol. The molecular formula is C52H39N. The van der Waals surface area contributed by atoms with E-state index in [-0.39, 0.29) is 5.41 Å². The van der Waals surface area contributed by atoms with Gasteiger partial charge in [0.25, 0.3) is 0 Å². The average Bonchev–Trinajstić information content (AvgIpc) is 3.65. The Kier molecular flexibility index (Phi) is 7.13. The molecule has 0 saturated carbocycles. The molecule has 0 bridgehead atoms. The predicted octanol–water partition coefficient (Wildman–Crippen LogP) is 13.5. The Hall–Kier alpha value is -6.44. The molecule has 0 aliphatic heterocycles. The summed E-state index contributed by atoms with van der Waals surface area (Å²) in [5.41, 5.74) is 18.5.